The molecule has 0 heterocycles. The molecule has 0 atom stereocenters. The lowest BCUT2D eigenvalue weighted by Gasteiger charge is -2.15. The average molecular weight is 419 g/mol. The fraction of sp³-hybridized carbons (Fsp3) is 0.263. The van der Waals surface area contributed by atoms with Crippen molar-refractivity contribution in [2.45, 2.75) is 6.92 Å². The van der Waals surface area contributed by atoms with Crippen LogP contribution in [0.25, 0.3) is 0 Å². The zero-order chi connectivity index (χ0) is 22.3. The minimum Gasteiger partial charge on any atom is -0.494 e. The minimum absolute atomic E-state index is 0.0401. The predicted octanol–water partition coefficient (Wildman–Crippen LogP) is 2.09. The van der Waals surface area contributed by atoms with Crippen LogP contribution in [0.3, 0.4) is 0 Å². The maximum atomic E-state index is 12.6. The number of methoxy groups -OCH3 is 3. The van der Waals surface area contributed by atoms with E-state index in [-0.39, 0.29) is 28.4 Å². The van der Waals surface area contributed by atoms with Crippen LogP contribution in [0, 0.1) is 10.1 Å². The first-order valence-electron chi connectivity index (χ1n) is 8.68. The molecule has 0 unspecified atom stereocenters. The van der Waals surface area contributed by atoms with Crippen molar-refractivity contribution in [2.24, 2.45) is 0 Å². The molecule has 2 aromatic rings. The number of hydrogen-bond acceptors (Lipinski definition) is 8. The van der Waals surface area contributed by atoms with Gasteiger partial charge in [-0.2, -0.15) is 0 Å². The molecule has 0 fully saturated rings. The number of rotatable bonds is 8. The Labute approximate surface area is 172 Å². The van der Waals surface area contributed by atoms with Gasteiger partial charge in [-0.25, -0.2) is 0 Å². The standard InChI is InChI=1S/C19H21N3O8/c1-5-30-12-8-6-11(7-9-12)18(23)20-21-19(24)13-10-14(27-2)16(28-3)17(29-4)15(13)22(25)26/h6-10H,5H2,1-4H3,(H,20,23)(H,21,24). The van der Waals surface area contributed by atoms with E-state index < -0.39 is 22.4 Å². The summed E-state index contributed by atoms with van der Waals surface area (Å²) in [5.74, 6) is -1.26. The van der Waals surface area contributed by atoms with Gasteiger partial charge in [0.15, 0.2) is 5.75 Å². The molecular weight excluding hydrogens is 398 g/mol. The lowest BCUT2D eigenvalue weighted by atomic mass is 10.1. The molecule has 0 saturated heterocycles. The molecule has 0 aliphatic carbocycles. The van der Waals surface area contributed by atoms with Gasteiger partial charge in [0.1, 0.15) is 11.3 Å². The van der Waals surface area contributed by atoms with Gasteiger partial charge in [0.25, 0.3) is 11.8 Å². The fourth-order valence-corrected chi connectivity index (χ4v) is 2.62. The number of amides is 2. The van der Waals surface area contributed by atoms with E-state index in [0.717, 1.165) is 6.07 Å². The van der Waals surface area contributed by atoms with Crippen molar-refractivity contribution >= 4 is 17.5 Å². The molecule has 2 N–H and O–H groups in total. The molecule has 0 bridgehead atoms. The van der Waals surface area contributed by atoms with Crippen LogP contribution in [-0.4, -0.2) is 44.7 Å². The van der Waals surface area contributed by atoms with Crippen LogP contribution in [0.5, 0.6) is 23.0 Å². The maximum Gasteiger partial charge on any atom is 0.327 e. The SMILES string of the molecule is CCOc1ccc(C(=O)NNC(=O)c2cc(OC)c(OC)c(OC)c2[N+](=O)[O-])cc1. The Morgan fingerprint density at radius 2 is 1.57 bits per heavy atom. The summed E-state index contributed by atoms with van der Waals surface area (Å²) in [6, 6.07) is 7.34. The second-order valence-electron chi connectivity index (χ2n) is 5.66. The number of benzene rings is 2. The summed E-state index contributed by atoms with van der Waals surface area (Å²) in [7, 11) is 3.78. The van der Waals surface area contributed by atoms with Crippen LogP contribution >= 0.6 is 0 Å². The molecule has 2 rings (SSSR count). The number of nitro groups is 1. The first-order valence-corrected chi connectivity index (χ1v) is 8.68. The molecule has 2 amide bonds. The van der Waals surface area contributed by atoms with Crippen molar-refractivity contribution in [3.63, 3.8) is 0 Å². The number of hydrogen-bond donors (Lipinski definition) is 2. The Morgan fingerprint density at radius 1 is 0.967 bits per heavy atom. The van der Waals surface area contributed by atoms with Crippen LogP contribution in [0.2, 0.25) is 0 Å². The van der Waals surface area contributed by atoms with Crippen LogP contribution < -0.4 is 29.8 Å². The van der Waals surface area contributed by atoms with Gasteiger partial charge in [-0.1, -0.05) is 0 Å². The normalized spacial score (nSPS) is 10.0. The quantitative estimate of drug-likeness (QED) is 0.490. The first-order chi connectivity index (χ1) is 14.4. The minimum atomic E-state index is -0.944. The third kappa shape index (κ3) is 4.69. The molecule has 0 radical (unpaired) electrons. The summed E-state index contributed by atoms with van der Waals surface area (Å²) < 4.78 is 20.6. The van der Waals surface area contributed by atoms with Gasteiger partial charge >= 0.3 is 5.69 Å². The van der Waals surface area contributed by atoms with Gasteiger partial charge in [0.2, 0.25) is 11.5 Å². The van der Waals surface area contributed by atoms with Crippen LogP contribution in [0.4, 0.5) is 5.69 Å². The molecule has 0 aliphatic rings. The Bertz CT molecular complexity index is 944. The summed E-state index contributed by atoms with van der Waals surface area (Å²) in [5.41, 5.74) is 3.57. The topological polar surface area (TPSA) is 138 Å². The summed E-state index contributed by atoms with van der Waals surface area (Å²) in [6.07, 6.45) is 0. The summed E-state index contributed by atoms with van der Waals surface area (Å²) in [5, 5.41) is 11.6. The molecular formula is C19H21N3O8. The Morgan fingerprint density at radius 3 is 2.07 bits per heavy atom. The Hall–Kier alpha value is -4.02. The average Bonchev–Trinajstić information content (AvgIpc) is 2.75. The molecule has 0 aliphatic heterocycles. The monoisotopic (exact) mass is 419 g/mol. The first kappa shape index (κ1) is 22.3. The molecule has 2 aromatic carbocycles. The van der Waals surface area contributed by atoms with Crippen molar-refractivity contribution in [2.75, 3.05) is 27.9 Å². The highest BCUT2D eigenvalue weighted by Crippen LogP contribution is 2.46. The van der Waals surface area contributed by atoms with E-state index in [1.807, 2.05) is 6.92 Å². The van der Waals surface area contributed by atoms with Crippen LogP contribution in [0.1, 0.15) is 27.6 Å². The van der Waals surface area contributed by atoms with Crippen molar-refractivity contribution < 1.29 is 33.5 Å². The third-order valence-electron chi connectivity index (χ3n) is 3.95. The zero-order valence-corrected chi connectivity index (χ0v) is 16.8. The highest BCUT2D eigenvalue weighted by atomic mass is 16.6. The van der Waals surface area contributed by atoms with Gasteiger partial charge in [0.05, 0.1) is 32.9 Å². The zero-order valence-electron chi connectivity index (χ0n) is 16.8. The number of ether oxygens (including phenoxy) is 4. The molecule has 30 heavy (non-hydrogen) atoms. The largest absolute Gasteiger partial charge is 0.494 e. The van der Waals surface area contributed by atoms with E-state index in [0.29, 0.717) is 12.4 Å². The summed E-state index contributed by atoms with van der Waals surface area (Å²) in [4.78, 5) is 35.6. The Balaban J connectivity index is 2.27. The molecule has 0 saturated carbocycles. The molecule has 11 heteroatoms. The van der Waals surface area contributed by atoms with E-state index in [9.17, 15) is 19.7 Å². The highest BCUT2D eigenvalue weighted by molar-refractivity contribution is 6.02. The smallest absolute Gasteiger partial charge is 0.327 e. The molecule has 11 nitrogen and oxygen atoms in total. The van der Waals surface area contributed by atoms with Gasteiger partial charge in [-0.05, 0) is 31.2 Å². The van der Waals surface area contributed by atoms with Crippen LogP contribution in [-0.2, 0) is 0 Å². The summed E-state index contributed by atoms with van der Waals surface area (Å²) >= 11 is 0. The van der Waals surface area contributed by atoms with Crippen LogP contribution in [0.15, 0.2) is 30.3 Å². The van der Waals surface area contributed by atoms with E-state index in [4.69, 9.17) is 18.9 Å². The van der Waals surface area contributed by atoms with E-state index in [1.165, 1.54) is 33.5 Å². The number of hydrazine groups is 1. The van der Waals surface area contributed by atoms with Crippen molar-refractivity contribution in [1.82, 2.24) is 10.9 Å². The van der Waals surface area contributed by atoms with Crippen molar-refractivity contribution in [1.29, 1.82) is 0 Å². The number of nitrogens with zero attached hydrogens (tertiary/aromatic N) is 1. The molecule has 0 spiro atoms. The van der Waals surface area contributed by atoms with Gasteiger partial charge in [-0.3, -0.25) is 30.6 Å². The third-order valence-corrected chi connectivity index (χ3v) is 3.95. The fourth-order valence-electron chi connectivity index (χ4n) is 2.62. The van der Waals surface area contributed by atoms with E-state index in [2.05, 4.69) is 10.9 Å². The lowest BCUT2D eigenvalue weighted by Crippen LogP contribution is -2.41. The highest BCUT2D eigenvalue weighted by Gasteiger charge is 2.32. The van der Waals surface area contributed by atoms with Gasteiger partial charge in [0, 0.05) is 11.6 Å². The number of nitrogens with one attached hydrogen (secondary N) is 2. The Kier molecular flexibility index (Phi) is 7.39. The second-order valence-corrected chi connectivity index (χ2v) is 5.66. The van der Waals surface area contributed by atoms with Crippen molar-refractivity contribution in [3.8, 4) is 23.0 Å². The lowest BCUT2D eigenvalue weighted by molar-refractivity contribution is -0.386. The van der Waals surface area contributed by atoms with Gasteiger partial charge in [-0.15, -0.1) is 0 Å². The second kappa shape index (κ2) is 9.96. The van der Waals surface area contributed by atoms with E-state index in [1.54, 1.807) is 12.1 Å². The number of carbonyl (C=O) groups excluding carboxylic acids is 2. The predicted molar refractivity (Wildman–Crippen MR) is 105 cm³/mol. The van der Waals surface area contributed by atoms with Gasteiger partial charge < -0.3 is 18.9 Å². The number of nitro benzene ring substituents is 1. The molecule has 160 valence electrons. The number of carbonyl (C=O) groups is 2. The maximum absolute atomic E-state index is 12.6. The van der Waals surface area contributed by atoms with E-state index >= 15 is 0 Å². The van der Waals surface area contributed by atoms with Crippen molar-refractivity contribution in [3.05, 3.63) is 51.6 Å². The molecule has 0 aromatic heterocycles. The summed E-state index contributed by atoms with van der Waals surface area (Å²) in [6.45, 7) is 2.31.